The number of hydrogen-bond donors (Lipinski definition) is 2. The Kier molecular flexibility index (Phi) is 6.19. The maximum Gasteiger partial charge on any atom is 0.224 e. The average molecular weight is 411 g/mol. The standard InChI is InChI=1S/C23H30N4OS/c1-24-22(26-17-23(11-5-12-23)19-6-3-2-4-7-19)25-13-8-21(28)27-14-9-20-18(16-27)10-15-29-20/h2-4,6-7,10,15H,5,8-9,11-14,16-17H2,1H3,(H2,24,25,26). The van der Waals surface area contributed by atoms with E-state index in [9.17, 15) is 4.79 Å². The molecule has 1 fully saturated rings. The van der Waals surface area contributed by atoms with Gasteiger partial charge in [-0.15, -0.1) is 11.3 Å². The van der Waals surface area contributed by atoms with Gasteiger partial charge in [0.1, 0.15) is 0 Å². The van der Waals surface area contributed by atoms with E-state index < -0.39 is 0 Å². The van der Waals surface area contributed by atoms with Crippen molar-refractivity contribution in [2.45, 2.75) is 44.1 Å². The van der Waals surface area contributed by atoms with Gasteiger partial charge in [-0.25, -0.2) is 0 Å². The van der Waals surface area contributed by atoms with Gasteiger partial charge in [-0.1, -0.05) is 36.8 Å². The number of amides is 1. The molecule has 0 radical (unpaired) electrons. The fraction of sp³-hybridized carbons (Fsp3) is 0.478. The lowest BCUT2D eigenvalue weighted by molar-refractivity contribution is -0.131. The Hall–Kier alpha value is -2.34. The highest BCUT2D eigenvalue weighted by atomic mass is 32.1. The number of benzene rings is 1. The van der Waals surface area contributed by atoms with E-state index in [0.717, 1.165) is 32.0 Å². The van der Waals surface area contributed by atoms with Crippen LogP contribution in [0.25, 0.3) is 0 Å². The van der Waals surface area contributed by atoms with E-state index in [1.54, 1.807) is 18.4 Å². The Morgan fingerprint density at radius 1 is 1.21 bits per heavy atom. The van der Waals surface area contributed by atoms with E-state index >= 15 is 0 Å². The molecular weight excluding hydrogens is 380 g/mol. The summed E-state index contributed by atoms with van der Waals surface area (Å²) in [5, 5.41) is 8.93. The average Bonchev–Trinajstić information content (AvgIpc) is 3.20. The summed E-state index contributed by atoms with van der Waals surface area (Å²) in [6.07, 6.45) is 5.16. The molecule has 1 aliphatic heterocycles. The molecule has 2 aromatic rings. The molecule has 0 saturated heterocycles. The van der Waals surface area contributed by atoms with Crippen molar-refractivity contribution in [3.8, 4) is 0 Å². The molecule has 5 nitrogen and oxygen atoms in total. The molecule has 0 atom stereocenters. The number of rotatable bonds is 6. The minimum Gasteiger partial charge on any atom is -0.356 e. The summed E-state index contributed by atoms with van der Waals surface area (Å²) in [6, 6.07) is 12.9. The van der Waals surface area contributed by atoms with Gasteiger partial charge < -0.3 is 15.5 Å². The molecule has 0 bridgehead atoms. The van der Waals surface area contributed by atoms with Gasteiger partial charge in [0.15, 0.2) is 5.96 Å². The minimum absolute atomic E-state index is 0.209. The van der Waals surface area contributed by atoms with Crippen LogP contribution in [0, 0.1) is 0 Å². The first-order valence-electron chi connectivity index (χ1n) is 10.5. The van der Waals surface area contributed by atoms with Crippen molar-refractivity contribution in [2.24, 2.45) is 4.99 Å². The number of carbonyl (C=O) groups excluding carboxylic acids is 1. The van der Waals surface area contributed by atoms with E-state index in [4.69, 9.17) is 0 Å². The highest BCUT2D eigenvalue weighted by Gasteiger charge is 2.38. The fourth-order valence-electron chi connectivity index (χ4n) is 4.34. The van der Waals surface area contributed by atoms with Gasteiger partial charge in [0.05, 0.1) is 0 Å². The Morgan fingerprint density at radius 3 is 2.76 bits per heavy atom. The van der Waals surface area contributed by atoms with Gasteiger partial charge in [0, 0.05) is 49.9 Å². The van der Waals surface area contributed by atoms with Crippen molar-refractivity contribution in [1.82, 2.24) is 15.5 Å². The molecule has 0 unspecified atom stereocenters. The first-order chi connectivity index (χ1) is 14.2. The van der Waals surface area contributed by atoms with Crippen LogP contribution in [0.3, 0.4) is 0 Å². The molecule has 6 heteroatoms. The predicted molar refractivity (Wildman–Crippen MR) is 119 cm³/mol. The number of guanidine groups is 1. The van der Waals surface area contributed by atoms with Crippen molar-refractivity contribution >= 4 is 23.2 Å². The molecule has 1 aliphatic carbocycles. The number of thiophene rings is 1. The van der Waals surface area contributed by atoms with Gasteiger partial charge >= 0.3 is 0 Å². The van der Waals surface area contributed by atoms with E-state index in [0.29, 0.717) is 13.0 Å². The lowest BCUT2D eigenvalue weighted by atomic mass is 9.64. The van der Waals surface area contributed by atoms with Crippen LogP contribution in [0.2, 0.25) is 0 Å². The summed E-state index contributed by atoms with van der Waals surface area (Å²) < 4.78 is 0. The van der Waals surface area contributed by atoms with Crippen LogP contribution in [0.4, 0.5) is 0 Å². The highest BCUT2D eigenvalue weighted by molar-refractivity contribution is 7.10. The zero-order chi connectivity index (χ0) is 20.1. The third kappa shape index (κ3) is 4.47. The van der Waals surface area contributed by atoms with Crippen LogP contribution in [-0.4, -0.2) is 43.4 Å². The first kappa shape index (κ1) is 20.0. The summed E-state index contributed by atoms with van der Waals surface area (Å²) in [5.41, 5.74) is 2.93. The zero-order valence-electron chi connectivity index (χ0n) is 17.1. The molecular formula is C23H30N4OS. The van der Waals surface area contributed by atoms with Gasteiger partial charge in [-0.2, -0.15) is 0 Å². The third-order valence-electron chi connectivity index (χ3n) is 6.31. The Morgan fingerprint density at radius 2 is 2.03 bits per heavy atom. The first-order valence-corrected chi connectivity index (χ1v) is 11.4. The second-order valence-electron chi connectivity index (χ2n) is 8.04. The number of hydrogen-bond acceptors (Lipinski definition) is 3. The number of nitrogens with zero attached hydrogens (tertiary/aromatic N) is 2. The van der Waals surface area contributed by atoms with Crippen LogP contribution in [0.15, 0.2) is 46.8 Å². The Bertz CT molecular complexity index is 857. The normalized spacial score (nSPS) is 18.0. The second kappa shape index (κ2) is 8.99. The molecule has 2 heterocycles. The molecule has 2 N–H and O–H groups in total. The molecule has 154 valence electrons. The quantitative estimate of drug-likeness (QED) is 0.567. The lowest BCUT2D eigenvalue weighted by Crippen LogP contribution is -2.49. The van der Waals surface area contributed by atoms with Gasteiger partial charge in [0.2, 0.25) is 5.91 Å². The van der Waals surface area contributed by atoms with Crippen LogP contribution in [0.1, 0.15) is 41.7 Å². The molecule has 2 aliphatic rings. The van der Waals surface area contributed by atoms with E-state index in [2.05, 4.69) is 57.4 Å². The SMILES string of the molecule is CN=C(NCCC(=O)N1CCc2sccc2C1)NCC1(c2ccccc2)CCC1. The molecule has 1 amide bonds. The number of nitrogens with one attached hydrogen (secondary N) is 2. The van der Waals surface area contributed by atoms with Gasteiger partial charge in [-0.05, 0) is 41.8 Å². The lowest BCUT2D eigenvalue weighted by Gasteiger charge is -2.43. The van der Waals surface area contributed by atoms with Gasteiger partial charge in [0.25, 0.3) is 0 Å². The fourth-order valence-corrected chi connectivity index (χ4v) is 5.23. The molecule has 1 aromatic heterocycles. The van der Waals surface area contributed by atoms with E-state index in [1.165, 1.54) is 35.3 Å². The maximum atomic E-state index is 12.6. The number of fused-ring (bicyclic) bond motifs is 1. The maximum absolute atomic E-state index is 12.6. The van der Waals surface area contributed by atoms with E-state index in [-0.39, 0.29) is 11.3 Å². The summed E-state index contributed by atoms with van der Waals surface area (Å²) in [5.74, 6) is 0.989. The van der Waals surface area contributed by atoms with Crippen LogP contribution in [-0.2, 0) is 23.2 Å². The van der Waals surface area contributed by atoms with Crippen molar-refractivity contribution in [1.29, 1.82) is 0 Å². The Labute approximate surface area is 177 Å². The molecule has 1 aromatic carbocycles. The van der Waals surface area contributed by atoms with Crippen molar-refractivity contribution in [3.05, 3.63) is 57.8 Å². The topological polar surface area (TPSA) is 56.7 Å². The summed E-state index contributed by atoms with van der Waals surface area (Å²) in [7, 11) is 1.79. The third-order valence-corrected chi connectivity index (χ3v) is 7.33. The largest absolute Gasteiger partial charge is 0.356 e. The monoisotopic (exact) mass is 410 g/mol. The van der Waals surface area contributed by atoms with Crippen LogP contribution in [0.5, 0.6) is 0 Å². The highest BCUT2D eigenvalue weighted by Crippen LogP contribution is 2.43. The number of carbonyl (C=O) groups is 1. The summed E-state index contributed by atoms with van der Waals surface area (Å²) >= 11 is 1.80. The molecule has 4 rings (SSSR count). The van der Waals surface area contributed by atoms with Crippen LogP contribution >= 0.6 is 11.3 Å². The molecule has 0 spiro atoms. The van der Waals surface area contributed by atoms with Crippen molar-refractivity contribution in [2.75, 3.05) is 26.7 Å². The summed E-state index contributed by atoms with van der Waals surface area (Å²) in [6.45, 7) is 3.06. The summed E-state index contributed by atoms with van der Waals surface area (Å²) in [4.78, 5) is 20.3. The zero-order valence-corrected chi connectivity index (χ0v) is 17.9. The Balaban J connectivity index is 1.23. The van der Waals surface area contributed by atoms with E-state index in [1.807, 2.05) is 4.90 Å². The van der Waals surface area contributed by atoms with Gasteiger partial charge in [-0.3, -0.25) is 9.79 Å². The second-order valence-corrected chi connectivity index (χ2v) is 9.04. The predicted octanol–water partition coefficient (Wildman–Crippen LogP) is 3.31. The number of aliphatic imine (C=N–C) groups is 1. The van der Waals surface area contributed by atoms with Crippen molar-refractivity contribution < 1.29 is 4.79 Å². The minimum atomic E-state index is 0.209. The molecule has 1 saturated carbocycles. The smallest absolute Gasteiger partial charge is 0.224 e. The van der Waals surface area contributed by atoms with Crippen LogP contribution < -0.4 is 10.6 Å². The molecule has 29 heavy (non-hydrogen) atoms. The van der Waals surface area contributed by atoms with Crippen molar-refractivity contribution in [3.63, 3.8) is 0 Å².